The second-order valence-corrected chi connectivity index (χ2v) is 3.11. The Labute approximate surface area is 72.1 Å². The van der Waals surface area contributed by atoms with Gasteiger partial charge in [0, 0.05) is 23.1 Å². The number of hydrogen-bond donors (Lipinski definition) is 1. The SMILES string of the molecule is CC1C(C#N)=C(C#N)CCC1N. The Hall–Kier alpha value is -1.32. The van der Waals surface area contributed by atoms with Crippen LogP contribution in [-0.4, -0.2) is 6.04 Å². The highest BCUT2D eigenvalue weighted by Crippen LogP contribution is 2.27. The van der Waals surface area contributed by atoms with E-state index in [1.165, 1.54) is 0 Å². The van der Waals surface area contributed by atoms with E-state index in [9.17, 15) is 0 Å². The molecule has 0 spiro atoms. The van der Waals surface area contributed by atoms with E-state index in [-0.39, 0.29) is 12.0 Å². The van der Waals surface area contributed by atoms with Gasteiger partial charge in [-0.25, -0.2) is 0 Å². The van der Waals surface area contributed by atoms with Crippen LogP contribution in [-0.2, 0) is 0 Å². The maximum absolute atomic E-state index is 8.77. The van der Waals surface area contributed by atoms with Gasteiger partial charge < -0.3 is 5.73 Å². The topological polar surface area (TPSA) is 73.6 Å². The van der Waals surface area contributed by atoms with Gasteiger partial charge in [-0.2, -0.15) is 10.5 Å². The first-order valence-electron chi connectivity index (χ1n) is 3.99. The zero-order chi connectivity index (χ0) is 9.14. The summed E-state index contributed by atoms with van der Waals surface area (Å²) in [4.78, 5) is 0. The lowest BCUT2D eigenvalue weighted by Crippen LogP contribution is -2.32. The highest BCUT2D eigenvalue weighted by atomic mass is 14.7. The van der Waals surface area contributed by atoms with E-state index in [1.807, 2.05) is 6.92 Å². The molecule has 0 amide bonds. The number of rotatable bonds is 0. The second kappa shape index (κ2) is 3.38. The Morgan fingerprint density at radius 3 is 2.58 bits per heavy atom. The lowest BCUT2D eigenvalue weighted by Gasteiger charge is -2.24. The molecule has 3 heteroatoms. The minimum absolute atomic E-state index is 0.0387. The third-order valence-corrected chi connectivity index (χ3v) is 2.41. The molecule has 1 aliphatic rings. The van der Waals surface area contributed by atoms with E-state index in [1.54, 1.807) is 0 Å². The van der Waals surface area contributed by atoms with E-state index in [0.29, 0.717) is 17.6 Å². The minimum Gasteiger partial charge on any atom is -0.327 e. The number of hydrogen-bond acceptors (Lipinski definition) is 3. The molecule has 3 nitrogen and oxygen atoms in total. The first-order valence-corrected chi connectivity index (χ1v) is 3.99. The summed E-state index contributed by atoms with van der Waals surface area (Å²) < 4.78 is 0. The largest absolute Gasteiger partial charge is 0.327 e. The fourth-order valence-electron chi connectivity index (χ4n) is 1.47. The molecule has 0 heterocycles. The van der Waals surface area contributed by atoms with Crippen LogP contribution in [0, 0.1) is 28.6 Å². The molecule has 0 saturated carbocycles. The fourth-order valence-corrected chi connectivity index (χ4v) is 1.47. The van der Waals surface area contributed by atoms with Crippen molar-refractivity contribution in [2.45, 2.75) is 25.8 Å². The van der Waals surface area contributed by atoms with Crippen LogP contribution >= 0.6 is 0 Å². The van der Waals surface area contributed by atoms with Crippen molar-refractivity contribution in [2.24, 2.45) is 11.7 Å². The summed E-state index contributed by atoms with van der Waals surface area (Å²) in [6.07, 6.45) is 1.47. The molecule has 1 rings (SSSR count). The predicted molar refractivity (Wildman–Crippen MR) is 44.6 cm³/mol. The first-order chi connectivity index (χ1) is 5.70. The van der Waals surface area contributed by atoms with Gasteiger partial charge in [-0.3, -0.25) is 0 Å². The van der Waals surface area contributed by atoms with Crippen molar-refractivity contribution in [1.82, 2.24) is 0 Å². The van der Waals surface area contributed by atoms with Crippen molar-refractivity contribution >= 4 is 0 Å². The Morgan fingerprint density at radius 1 is 1.42 bits per heavy atom. The summed E-state index contributed by atoms with van der Waals surface area (Å²) in [5.41, 5.74) is 6.96. The molecule has 0 aromatic heterocycles. The molecule has 0 aromatic carbocycles. The Kier molecular flexibility index (Phi) is 2.47. The molecule has 62 valence electrons. The van der Waals surface area contributed by atoms with E-state index >= 15 is 0 Å². The van der Waals surface area contributed by atoms with Crippen LogP contribution in [0.4, 0.5) is 0 Å². The van der Waals surface area contributed by atoms with Gasteiger partial charge in [-0.05, 0) is 12.8 Å². The van der Waals surface area contributed by atoms with Crippen molar-refractivity contribution in [3.63, 3.8) is 0 Å². The lowest BCUT2D eigenvalue weighted by atomic mass is 9.81. The van der Waals surface area contributed by atoms with E-state index < -0.39 is 0 Å². The molecule has 0 radical (unpaired) electrons. The van der Waals surface area contributed by atoms with Crippen LogP contribution in [0.25, 0.3) is 0 Å². The van der Waals surface area contributed by atoms with Gasteiger partial charge in [0.2, 0.25) is 0 Å². The Morgan fingerprint density at radius 2 is 2.08 bits per heavy atom. The van der Waals surface area contributed by atoms with Gasteiger partial charge in [-0.1, -0.05) is 6.92 Å². The molecular formula is C9H11N3. The van der Waals surface area contributed by atoms with Gasteiger partial charge in [0.1, 0.15) is 0 Å². The summed E-state index contributed by atoms with van der Waals surface area (Å²) >= 11 is 0. The van der Waals surface area contributed by atoms with Gasteiger partial charge in [-0.15, -0.1) is 0 Å². The second-order valence-electron chi connectivity index (χ2n) is 3.11. The highest BCUT2D eigenvalue weighted by molar-refractivity contribution is 5.40. The zero-order valence-corrected chi connectivity index (χ0v) is 7.04. The van der Waals surface area contributed by atoms with Crippen LogP contribution in [0.2, 0.25) is 0 Å². The van der Waals surface area contributed by atoms with Crippen LogP contribution in [0.3, 0.4) is 0 Å². The average molecular weight is 161 g/mol. The predicted octanol–water partition coefficient (Wildman–Crippen LogP) is 1.09. The summed E-state index contributed by atoms with van der Waals surface area (Å²) in [5.74, 6) is 0.0402. The monoisotopic (exact) mass is 161 g/mol. The maximum atomic E-state index is 8.77. The van der Waals surface area contributed by atoms with Crippen LogP contribution in [0.15, 0.2) is 11.1 Å². The van der Waals surface area contributed by atoms with E-state index in [2.05, 4.69) is 12.1 Å². The summed E-state index contributed by atoms with van der Waals surface area (Å²) in [6.45, 7) is 1.90. The first kappa shape index (κ1) is 8.77. The van der Waals surface area contributed by atoms with Crippen molar-refractivity contribution in [3.05, 3.63) is 11.1 Å². The third-order valence-electron chi connectivity index (χ3n) is 2.41. The summed E-state index contributed by atoms with van der Waals surface area (Å²) in [6, 6.07) is 4.16. The highest BCUT2D eigenvalue weighted by Gasteiger charge is 2.25. The molecule has 1 aliphatic carbocycles. The molecule has 2 atom stereocenters. The molecular weight excluding hydrogens is 150 g/mol. The average Bonchev–Trinajstić information content (AvgIpc) is 2.09. The van der Waals surface area contributed by atoms with Gasteiger partial charge in [0.25, 0.3) is 0 Å². The fraction of sp³-hybridized carbons (Fsp3) is 0.556. The Balaban J connectivity index is 3.04. The number of allylic oxidation sites excluding steroid dienone is 1. The van der Waals surface area contributed by atoms with Gasteiger partial charge >= 0.3 is 0 Å². The summed E-state index contributed by atoms with van der Waals surface area (Å²) in [7, 11) is 0. The van der Waals surface area contributed by atoms with Crippen molar-refractivity contribution in [3.8, 4) is 12.1 Å². The standard InChI is InChI=1S/C9H11N3/c1-6-8(5-11)7(4-10)2-3-9(6)12/h6,9H,2-3,12H2,1H3. The number of nitrogens with zero attached hydrogens (tertiary/aromatic N) is 2. The van der Waals surface area contributed by atoms with E-state index in [0.717, 1.165) is 6.42 Å². The molecule has 2 unspecified atom stereocenters. The molecule has 0 aliphatic heterocycles. The molecule has 0 bridgehead atoms. The quantitative estimate of drug-likeness (QED) is 0.577. The van der Waals surface area contributed by atoms with Crippen molar-refractivity contribution in [2.75, 3.05) is 0 Å². The van der Waals surface area contributed by atoms with Crippen LogP contribution in [0.5, 0.6) is 0 Å². The van der Waals surface area contributed by atoms with E-state index in [4.69, 9.17) is 16.3 Å². The smallest absolute Gasteiger partial charge is 0.0961 e. The van der Waals surface area contributed by atoms with Crippen LogP contribution in [0.1, 0.15) is 19.8 Å². The molecule has 0 saturated heterocycles. The minimum atomic E-state index is 0.0387. The van der Waals surface area contributed by atoms with Crippen molar-refractivity contribution < 1.29 is 0 Å². The summed E-state index contributed by atoms with van der Waals surface area (Å²) in [5, 5.41) is 17.5. The molecule has 2 N–H and O–H groups in total. The Bertz CT molecular complexity index is 290. The van der Waals surface area contributed by atoms with Gasteiger partial charge in [0.05, 0.1) is 12.1 Å². The molecule has 0 fully saturated rings. The number of nitrogens with two attached hydrogens (primary N) is 1. The lowest BCUT2D eigenvalue weighted by molar-refractivity contribution is 0.466. The maximum Gasteiger partial charge on any atom is 0.0961 e. The number of nitriles is 2. The zero-order valence-electron chi connectivity index (χ0n) is 7.04. The van der Waals surface area contributed by atoms with Crippen LogP contribution < -0.4 is 5.73 Å². The normalized spacial score (nSPS) is 29.3. The molecule has 0 aromatic rings. The molecule has 12 heavy (non-hydrogen) atoms. The van der Waals surface area contributed by atoms with Gasteiger partial charge in [0.15, 0.2) is 0 Å². The third kappa shape index (κ3) is 1.32. The van der Waals surface area contributed by atoms with Crippen molar-refractivity contribution in [1.29, 1.82) is 10.5 Å².